The summed E-state index contributed by atoms with van der Waals surface area (Å²) in [5.74, 6) is -4.20. The minimum absolute atomic E-state index is 0.0257. The number of rotatable bonds is 23. The number of oxime groups is 8. The van der Waals surface area contributed by atoms with Crippen LogP contribution in [0.15, 0.2) is 241 Å². The third-order valence-electron chi connectivity index (χ3n) is 14.7. The SMILES string of the molecule is C/C=N/OC(=O)c1ccc(Cl)cc1.CC(=N\OC(=O)c1ccccc1)/C(C)=N/OC(=O)c1ccccc1.CC(=O)/C(C)=N\OC(=O)C1CCCCC1.COCC(=O)O/N=C(\C)CC(C)C.O=C(ON=C1C=CC(=NOC(O)c2ccccc2)C=C1)c1ccccc1.O=C(ON=C1CCCCC1)C(=O)c1ccccc1. The van der Waals surface area contributed by atoms with Crippen molar-refractivity contribution in [1.82, 2.24) is 0 Å². The smallest absolute Gasteiger partial charge is 0.373 e. The van der Waals surface area contributed by atoms with Gasteiger partial charge in [-0.15, -0.1) is 0 Å². The van der Waals surface area contributed by atoms with E-state index in [2.05, 4.69) is 69.5 Å². The van der Waals surface area contributed by atoms with Gasteiger partial charge in [-0.1, -0.05) is 208 Å². The summed E-state index contributed by atoms with van der Waals surface area (Å²) in [4.78, 5) is 141. The summed E-state index contributed by atoms with van der Waals surface area (Å²) in [6.45, 7) is 13.7. The number of aliphatic hydroxyl groups excluding tert-OH is 1. The van der Waals surface area contributed by atoms with Crippen molar-refractivity contribution in [3.05, 3.63) is 239 Å². The molecule has 0 heterocycles. The van der Waals surface area contributed by atoms with Crippen molar-refractivity contribution in [3.8, 4) is 0 Å². The number of aliphatic hydroxyl groups is 1. The van der Waals surface area contributed by atoms with Crippen molar-refractivity contribution >= 4 is 111 Å². The molecule has 574 valence electrons. The molecular formula is C81H89ClN8O19. The zero-order valence-corrected chi connectivity index (χ0v) is 62.9. The first-order valence-electron chi connectivity index (χ1n) is 34.6. The van der Waals surface area contributed by atoms with Crippen molar-refractivity contribution in [2.75, 3.05) is 13.7 Å². The van der Waals surface area contributed by atoms with Gasteiger partial charge in [-0.25, -0.2) is 33.6 Å². The number of carbonyl (C=O) groups is 9. The van der Waals surface area contributed by atoms with E-state index in [1.807, 2.05) is 19.1 Å². The van der Waals surface area contributed by atoms with Gasteiger partial charge in [-0.3, -0.25) is 9.59 Å². The number of halogens is 1. The molecule has 109 heavy (non-hydrogen) atoms. The lowest BCUT2D eigenvalue weighted by atomic mass is 9.89. The molecule has 0 amide bonds. The van der Waals surface area contributed by atoms with E-state index < -0.39 is 47.9 Å². The van der Waals surface area contributed by atoms with Gasteiger partial charge >= 0.3 is 41.8 Å². The lowest BCUT2D eigenvalue weighted by molar-refractivity contribution is -0.150. The quantitative estimate of drug-likeness (QED) is 0.0118. The molecule has 1 atom stereocenters. The standard InChI is InChI=1S/C20H16N2O4.C18H16N2O4.C14H15NO3.C11H17NO3.C9H8ClNO2.C9H17NO3/c23-19(15-7-3-1-4-8-15)25-21-17-11-13-18(14-12-17)22-26-20(24)16-9-5-2-6-10-16;1-13(19-23-17(21)15-9-5-3-6-10-15)14(2)20-24-18(22)16-11-7-4-8-12-16;16-13(11-7-3-1-4-8-11)14(17)18-15-12-9-5-2-6-10-12;1-8(9(2)13)12-15-11(14)10-6-4-3-5-7-10;1-2-11-13-9(12)7-3-5-8(10)6-4-7;1-7(2)5-8(3)10-13-9(11)6-12-4/h1-14,19,23H;3-12H,1-2H3;1,3-4,7-8H,2,5-6,9-10H2;10H,3-7H2,1-2H3;2-6H,1H3;7H,5-6H2,1-4H3/b;19-13+,20-14+;;12-8-;11-2+;10-8+. The van der Waals surface area contributed by atoms with E-state index in [0.717, 1.165) is 69.2 Å². The Kier molecular flexibility index (Phi) is 42.5. The van der Waals surface area contributed by atoms with Gasteiger partial charge < -0.3 is 48.5 Å². The van der Waals surface area contributed by atoms with Crippen molar-refractivity contribution in [2.45, 2.75) is 132 Å². The highest BCUT2D eigenvalue weighted by Crippen LogP contribution is 2.25. The molecule has 0 aliphatic heterocycles. The molecule has 0 bridgehead atoms. The van der Waals surface area contributed by atoms with Gasteiger partial charge in [0.25, 0.3) is 12.1 Å². The Morgan fingerprint density at radius 2 is 0.908 bits per heavy atom. The van der Waals surface area contributed by atoms with Gasteiger partial charge in [-0.05, 0) is 170 Å². The second-order valence-electron chi connectivity index (χ2n) is 24.0. The van der Waals surface area contributed by atoms with Crippen molar-refractivity contribution in [1.29, 1.82) is 0 Å². The number of ketones is 2. The number of Topliss-reactive ketones (excluding diaryl/α,β-unsaturated/α-hetero) is 2. The number of carbonyl (C=O) groups excluding carboxylic acids is 9. The normalized spacial score (nSPS) is 13.6. The lowest BCUT2D eigenvalue weighted by Crippen LogP contribution is -2.19. The topological polar surface area (TPSA) is 356 Å². The Balaban J connectivity index is 0.000000282. The van der Waals surface area contributed by atoms with Crippen LogP contribution in [0.2, 0.25) is 5.02 Å². The molecule has 6 aromatic carbocycles. The van der Waals surface area contributed by atoms with Gasteiger partial charge in [0.05, 0.1) is 39.6 Å². The number of benzene rings is 6. The van der Waals surface area contributed by atoms with Gasteiger partial charge in [0.2, 0.25) is 0 Å². The van der Waals surface area contributed by atoms with Crippen LogP contribution in [0.1, 0.15) is 190 Å². The van der Waals surface area contributed by atoms with Crippen LogP contribution in [-0.2, 0) is 62.6 Å². The molecule has 3 aliphatic rings. The van der Waals surface area contributed by atoms with Crippen molar-refractivity contribution in [2.24, 2.45) is 53.1 Å². The molecule has 0 radical (unpaired) electrons. The maximum Gasteiger partial charge on any atom is 0.405 e. The average molecular weight is 1510 g/mol. The number of hydrogen-bond acceptors (Lipinski definition) is 27. The summed E-state index contributed by atoms with van der Waals surface area (Å²) in [7, 11) is 1.44. The number of allylic oxidation sites excluding steroid dienone is 4. The maximum atomic E-state index is 11.8. The second-order valence-corrected chi connectivity index (χ2v) is 24.4. The lowest BCUT2D eigenvalue weighted by Gasteiger charge is -2.17. The molecule has 2 fully saturated rings. The highest BCUT2D eigenvalue weighted by atomic mass is 35.5. The molecular weight excluding hydrogens is 1420 g/mol. The van der Waals surface area contributed by atoms with Gasteiger partial charge in [0.1, 0.15) is 35.2 Å². The summed E-state index contributed by atoms with van der Waals surface area (Å²) in [5, 5.41) is 39.8. The van der Waals surface area contributed by atoms with Crippen molar-refractivity contribution in [3.63, 3.8) is 0 Å². The zero-order chi connectivity index (χ0) is 79.6. The van der Waals surface area contributed by atoms with E-state index in [0.29, 0.717) is 67.2 Å². The molecule has 0 saturated heterocycles. The van der Waals surface area contributed by atoms with Gasteiger partial charge in [0.15, 0.2) is 5.78 Å². The van der Waals surface area contributed by atoms with Gasteiger partial charge in [-0.2, -0.15) is 0 Å². The number of methoxy groups -OCH3 is 1. The summed E-state index contributed by atoms with van der Waals surface area (Å²) >= 11 is 5.64. The van der Waals surface area contributed by atoms with Crippen molar-refractivity contribution < 1.29 is 91.7 Å². The number of ether oxygens (including phenoxy) is 1. The van der Waals surface area contributed by atoms with Crippen LogP contribution in [0, 0.1) is 11.8 Å². The monoisotopic (exact) mass is 1510 g/mol. The Morgan fingerprint density at radius 3 is 1.38 bits per heavy atom. The zero-order valence-electron chi connectivity index (χ0n) is 62.1. The predicted octanol–water partition coefficient (Wildman–Crippen LogP) is 15.7. The number of hydrogen-bond donors (Lipinski definition) is 1. The highest BCUT2D eigenvalue weighted by molar-refractivity contribution is 6.41. The average Bonchev–Trinajstić information content (AvgIpc) is 0.901. The highest BCUT2D eigenvalue weighted by Gasteiger charge is 2.24. The maximum absolute atomic E-state index is 11.8. The van der Waals surface area contributed by atoms with Crippen LogP contribution in [0.3, 0.4) is 0 Å². The van der Waals surface area contributed by atoms with Crippen LogP contribution in [0.5, 0.6) is 0 Å². The molecule has 28 heteroatoms. The molecule has 9 rings (SSSR count). The third-order valence-corrected chi connectivity index (χ3v) is 15.0. The van der Waals surface area contributed by atoms with Crippen LogP contribution < -0.4 is 0 Å². The Bertz CT molecular complexity index is 4120. The Morgan fingerprint density at radius 1 is 0.477 bits per heavy atom. The van der Waals surface area contributed by atoms with E-state index in [9.17, 15) is 48.3 Å². The van der Waals surface area contributed by atoms with E-state index in [1.54, 1.807) is 209 Å². The van der Waals surface area contributed by atoms with Crippen LogP contribution in [0.25, 0.3) is 0 Å². The molecule has 27 nitrogen and oxygen atoms in total. The van der Waals surface area contributed by atoms with E-state index in [-0.39, 0.29) is 30.0 Å². The molecule has 0 spiro atoms. The van der Waals surface area contributed by atoms with Crippen LogP contribution in [0.4, 0.5) is 0 Å². The summed E-state index contributed by atoms with van der Waals surface area (Å²) in [5.41, 5.74) is 6.07. The minimum Gasteiger partial charge on any atom is -0.373 e. The fourth-order valence-electron chi connectivity index (χ4n) is 8.83. The first-order chi connectivity index (χ1) is 52.5. The third kappa shape index (κ3) is 37.6. The van der Waals surface area contributed by atoms with E-state index >= 15 is 0 Å². The number of nitrogens with zero attached hydrogens (tertiary/aromatic N) is 8. The van der Waals surface area contributed by atoms with Crippen LogP contribution in [-0.4, -0.2) is 118 Å². The molecule has 3 aliphatic carbocycles. The Labute approximate surface area is 637 Å². The summed E-state index contributed by atoms with van der Waals surface area (Å²) < 4.78 is 4.57. The molecule has 6 aromatic rings. The summed E-state index contributed by atoms with van der Waals surface area (Å²) in [6.07, 6.45) is 17.7. The first kappa shape index (κ1) is 89.2. The largest absolute Gasteiger partial charge is 0.405 e. The fourth-order valence-corrected chi connectivity index (χ4v) is 8.95. The van der Waals surface area contributed by atoms with E-state index in [1.165, 1.54) is 40.0 Å². The molecule has 1 unspecified atom stereocenters. The molecule has 0 aromatic heterocycles. The minimum atomic E-state index is -1.15. The second kappa shape index (κ2) is 51.9. The fraction of sp³-hybridized carbons (Fsp3) is 0.296. The van der Waals surface area contributed by atoms with E-state index in [4.69, 9.17) is 40.6 Å². The first-order valence-corrected chi connectivity index (χ1v) is 35.0. The van der Waals surface area contributed by atoms with Gasteiger partial charge in [0, 0.05) is 36.4 Å². The molecule has 2 saturated carbocycles. The summed E-state index contributed by atoms with van der Waals surface area (Å²) in [6, 6.07) is 49.2. The van der Waals surface area contributed by atoms with Crippen LogP contribution >= 0.6 is 11.6 Å². The Hall–Kier alpha value is -12.2. The molecule has 1 N–H and O–H groups in total. The predicted molar refractivity (Wildman–Crippen MR) is 413 cm³/mol.